The van der Waals surface area contributed by atoms with E-state index in [1.807, 2.05) is 7.85 Å². The summed E-state index contributed by atoms with van der Waals surface area (Å²) in [6.45, 7) is 0.317. The van der Waals surface area contributed by atoms with E-state index in [0.29, 0.717) is 18.6 Å². The highest BCUT2D eigenvalue weighted by molar-refractivity contribution is 14.1. The van der Waals surface area contributed by atoms with E-state index in [1.165, 1.54) is 0 Å². The highest BCUT2D eigenvalue weighted by Gasteiger charge is 2.42. The number of ether oxygens (including phenoxy) is 2. The van der Waals surface area contributed by atoms with E-state index in [2.05, 4.69) is 0 Å². The normalized spacial score (nSPS) is 40.5. The fourth-order valence-electron chi connectivity index (χ4n) is 2.23. The molecule has 3 aliphatic heterocycles. The fraction of sp³-hybridized carbons (Fsp3) is 0.750. The van der Waals surface area contributed by atoms with Crippen LogP contribution < -0.4 is 0 Å². The zero-order chi connectivity index (χ0) is 12.6. The second-order valence-electron chi connectivity index (χ2n) is 4.25. The first-order valence-corrected chi connectivity index (χ1v) is 7.78. The molecule has 6 nitrogen and oxygen atoms in total. The molecule has 0 aliphatic carbocycles. The van der Waals surface area contributed by atoms with Crippen LogP contribution in [0.15, 0.2) is 11.4 Å². The largest absolute Gasteiger partial charge is 0.374 e. The monoisotopic (exact) mass is 374 g/mol. The van der Waals surface area contributed by atoms with Crippen molar-refractivity contribution >= 4 is 38.4 Å². The van der Waals surface area contributed by atoms with E-state index >= 15 is 0 Å². The van der Waals surface area contributed by atoms with Gasteiger partial charge in [0.1, 0.15) is 49.2 Å². The Hall–Kier alpha value is 0.565. The van der Waals surface area contributed by atoms with Gasteiger partial charge in [0, 0.05) is 12.2 Å². The molecule has 0 amide bonds. The Bertz CT molecular complexity index is 371. The first kappa shape index (κ1) is 14.0. The molecule has 0 saturated carbocycles. The molecular formula is C8H13BIO6P. The van der Waals surface area contributed by atoms with Crippen LogP contribution in [0, 0.1) is 0 Å². The standard InChI is InChI=1S/C8H13BIO6P/c9-8-7-5(16-10)1-4(3-17(11,12)13)6(15-8)2-14-7/h3,5-8H,1-2,9H2,(H2,11,12,13)/b4-3-/t5?,6?,7?,8-/m1/s1. The lowest BCUT2D eigenvalue weighted by Gasteiger charge is -2.33. The van der Waals surface area contributed by atoms with Gasteiger partial charge in [0.2, 0.25) is 0 Å². The third kappa shape index (κ3) is 3.31. The van der Waals surface area contributed by atoms with Gasteiger partial charge < -0.3 is 22.3 Å². The third-order valence-electron chi connectivity index (χ3n) is 2.95. The van der Waals surface area contributed by atoms with Gasteiger partial charge in [-0.1, -0.05) is 0 Å². The van der Waals surface area contributed by atoms with Gasteiger partial charge in [-0.05, 0) is 5.57 Å². The molecule has 4 atom stereocenters. The van der Waals surface area contributed by atoms with E-state index < -0.39 is 7.60 Å². The maximum absolute atomic E-state index is 11.0. The van der Waals surface area contributed by atoms with Gasteiger partial charge in [-0.25, -0.2) is 0 Å². The van der Waals surface area contributed by atoms with Crippen LogP contribution in [0.2, 0.25) is 0 Å². The van der Waals surface area contributed by atoms with E-state index in [0.717, 1.165) is 5.82 Å². The van der Waals surface area contributed by atoms with Gasteiger partial charge >= 0.3 is 7.60 Å². The smallest absolute Gasteiger partial charge is 0.349 e. The Morgan fingerprint density at radius 2 is 2.29 bits per heavy atom. The molecule has 2 bridgehead atoms. The predicted octanol–water partition coefficient (Wildman–Crippen LogP) is -0.0699. The van der Waals surface area contributed by atoms with Crippen LogP contribution in [0.4, 0.5) is 0 Å². The average Bonchev–Trinajstić information content (AvgIpc) is 2.44. The molecule has 0 radical (unpaired) electrons. The van der Waals surface area contributed by atoms with Crippen LogP contribution in [-0.4, -0.2) is 48.6 Å². The Morgan fingerprint density at radius 3 is 2.82 bits per heavy atom. The Balaban J connectivity index is 2.30. The molecule has 3 fully saturated rings. The first-order valence-electron chi connectivity index (χ1n) is 5.22. The summed E-state index contributed by atoms with van der Waals surface area (Å²) in [5.74, 6) is 0.976. The van der Waals surface area contributed by atoms with Crippen molar-refractivity contribution < 1.29 is 26.9 Å². The summed E-state index contributed by atoms with van der Waals surface area (Å²) in [6.07, 6.45) is -0.388. The first-order chi connectivity index (χ1) is 7.90. The second-order valence-corrected chi connectivity index (χ2v) is 6.20. The lowest BCUT2D eigenvalue weighted by Crippen LogP contribution is -2.46. The quantitative estimate of drug-likeness (QED) is 0.400. The summed E-state index contributed by atoms with van der Waals surface area (Å²) in [5.41, 5.74) is 0.562. The van der Waals surface area contributed by atoms with Crippen molar-refractivity contribution in [2.24, 2.45) is 0 Å². The Labute approximate surface area is 114 Å². The van der Waals surface area contributed by atoms with Crippen molar-refractivity contribution in [1.82, 2.24) is 0 Å². The number of rotatable bonds is 2. The molecule has 3 rings (SSSR count). The summed E-state index contributed by atoms with van der Waals surface area (Å²) in [5, 5.41) is 0. The number of halogens is 1. The summed E-state index contributed by atoms with van der Waals surface area (Å²) in [6, 6.07) is -0.142. The molecule has 3 unspecified atom stereocenters. The minimum atomic E-state index is -4.20. The highest BCUT2D eigenvalue weighted by Crippen LogP contribution is 2.42. The van der Waals surface area contributed by atoms with Crippen LogP contribution in [0.1, 0.15) is 6.42 Å². The minimum Gasteiger partial charge on any atom is -0.374 e. The molecule has 2 N–H and O–H groups in total. The summed E-state index contributed by atoms with van der Waals surface area (Å²) in [7, 11) is -2.32. The van der Waals surface area contributed by atoms with Crippen LogP contribution in [0.5, 0.6) is 0 Å². The minimum absolute atomic E-state index is 0.142. The van der Waals surface area contributed by atoms with Gasteiger partial charge in [0.05, 0.1) is 12.6 Å². The fourth-order valence-corrected chi connectivity index (χ4v) is 3.40. The molecule has 3 heterocycles. The average molecular weight is 374 g/mol. The zero-order valence-electron chi connectivity index (χ0n) is 9.15. The number of fused-ring (bicyclic) bond motifs is 4. The molecule has 0 aromatic rings. The van der Waals surface area contributed by atoms with Crippen LogP contribution in [-0.2, 0) is 17.1 Å². The van der Waals surface area contributed by atoms with Crippen molar-refractivity contribution in [1.29, 1.82) is 0 Å². The maximum atomic E-state index is 11.0. The van der Waals surface area contributed by atoms with Gasteiger partial charge in [-0.2, -0.15) is 0 Å². The highest BCUT2D eigenvalue weighted by atomic mass is 127. The number of hydrogen-bond donors (Lipinski definition) is 2. The topological polar surface area (TPSA) is 85.2 Å². The van der Waals surface area contributed by atoms with E-state index in [1.54, 1.807) is 23.0 Å². The van der Waals surface area contributed by atoms with Crippen LogP contribution in [0.3, 0.4) is 0 Å². The number of hydrogen-bond acceptors (Lipinski definition) is 4. The molecular weight excluding hydrogens is 361 g/mol. The van der Waals surface area contributed by atoms with Gasteiger partial charge in [-0.15, -0.1) is 0 Å². The predicted molar refractivity (Wildman–Crippen MR) is 70.6 cm³/mol. The van der Waals surface area contributed by atoms with E-state index in [9.17, 15) is 4.57 Å². The van der Waals surface area contributed by atoms with Crippen molar-refractivity contribution in [3.63, 3.8) is 0 Å². The van der Waals surface area contributed by atoms with Crippen molar-refractivity contribution in [2.75, 3.05) is 6.61 Å². The van der Waals surface area contributed by atoms with Crippen molar-refractivity contribution in [3.05, 3.63) is 11.4 Å². The Morgan fingerprint density at radius 1 is 1.59 bits per heavy atom. The molecule has 3 saturated heterocycles. The summed E-state index contributed by atoms with van der Waals surface area (Å²) >= 11 is 1.78. The lowest BCUT2D eigenvalue weighted by atomic mass is 9.90. The zero-order valence-corrected chi connectivity index (χ0v) is 12.2. The third-order valence-corrected chi connectivity index (χ3v) is 4.27. The molecule has 0 aromatic carbocycles. The summed E-state index contributed by atoms with van der Waals surface area (Å²) in [4.78, 5) is 18.0. The lowest BCUT2D eigenvalue weighted by molar-refractivity contribution is -0.147. The summed E-state index contributed by atoms with van der Waals surface area (Å²) < 4.78 is 27.6. The van der Waals surface area contributed by atoms with Crippen molar-refractivity contribution in [2.45, 2.75) is 30.7 Å². The molecule has 3 aliphatic rings. The Kier molecular flexibility index (Phi) is 4.34. The van der Waals surface area contributed by atoms with Gasteiger partial charge in [0.25, 0.3) is 0 Å². The van der Waals surface area contributed by atoms with Gasteiger partial charge in [0.15, 0.2) is 0 Å². The van der Waals surface area contributed by atoms with E-state index in [4.69, 9.17) is 22.3 Å². The van der Waals surface area contributed by atoms with Crippen molar-refractivity contribution in [3.8, 4) is 0 Å². The molecule has 96 valence electrons. The van der Waals surface area contributed by atoms with Gasteiger partial charge in [-0.3, -0.25) is 4.57 Å². The molecule has 0 spiro atoms. The maximum Gasteiger partial charge on any atom is 0.349 e. The van der Waals surface area contributed by atoms with Crippen LogP contribution in [0.25, 0.3) is 0 Å². The van der Waals surface area contributed by atoms with Crippen LogP contribution >= 0.6 is 30.6 Å². The molecule has 9 heteroatoms. The molecule has 0 aromatic heterocycles. The second kappa shape index (κ2) is 5.28. The molecule has 17 heavy (non-hydrogen) atoms. The van der Waals surface area contributed by atoms with E-state index in [-0.39, 0.29) is 24.3 Å². The SMILES string of the molecule is B[C@@H]1OC2COC1C(OI)C/C2=C/P(=O)(O)O.